The van der Waals surface area contributed by atoms with Crippen LogP contribution in [0.4, 0.5) is 0 Å². The van der Waals surface area contributed by atoms with Crippen LogP contribution in [0.3, 0.4) is 0 Å². The second-order valence-electron chi connectivity index (χ2n) is 3.55. The summed E-state index contributed by atoms with van der Waals surface area (Å²) in [6, 6.07) is 7.71. The van der Waals surface area contributed by atoms with E-state index in [1.165, 1.54) is 0 Å². The highest BCUT2D eigenvalue weighted by molar-refractivity contribution is 6.35. The van der Waals surface area contributed by atoms with Crippen molar-refractivity contribution in [3.8, 4) is 0 Å². The second-order valence-corrected chi connectivity index (χ2v) is 3.95. The SMILES string of the molecule is CC(N)Cc1cc2c(Cl)cccc2o1. The van der Waals surface area contributed by atoms with Crippen molar-refractivity contribution in [2.24, 2.45) is 5.73 Å². The fourth-order valence-corrected chi connectivity index (χ4v) is 1.72. The fraction of sp³-hybridized carbons (Fsp3) is 0.273. The van der Waals surface area contributed by atoms with Crippen LogP contribution in [0.15, 0.2) is 28.7 Å². The first-order chi connectivity index (χ1) is 6.66. The van der Waals surface area contributed by atoms with Crippen molar-refractivity contribution < 1.29 is 4.42 Å². The summed E-state index contributed by atoms with van der Waals surface area (Å²) in [5, 5.41) is 1.69. The number of hydrogen-bond donors (Lipinski definition) is 1. The average molecular weight is 210 g/mol. The Hall–Kier alpha value is -0.990. The molecule has 1 unspecified atom stereocenters. The molecule has 0 saturated heterocycles. The van der Waals surface area contributed by atoms with Gasteiger partial charge in [0.2, 0.25) is 0 Å². The van der Waals surface area contributed by atoms with E-state index in [4.69, 9.17) is 21.8 Å². The minimum atomic E-state index is 0.106. The molecular formula is C11H12ClNO. The first-order valence-corrected chi connectivity index (χ1v) is 4.97. The summed E-state index contributed by atoms with van der Waals surface area (Å²) in [5.74, 6) is 0.892. The van der Waals surface area contributed by atoms with Crippen LogP contribution >= 0.6 is 11.6 Å². The van der Waals surface area contributed by atoms with Gasteiger partial charge in [-0.15, -0.1) is 0 Å². The summed E-state index contributed by atoms with van der Waals surface area (Å²) in [4.78, 5) is 0. The Balaban J connectivity index is 2.46. The van der Waals surface area contributed by atoms with Crippen LogP contribution in [-0.2, 0) is 6.42 Å². The standard InChI is InChI=1S/C11H12ClNO/c1-7(13)5-8-6-9-10(12)3-2-4-11(9)14-8/h2-4,6-7H,5,13H2,1H3. The van der Waals surface area contributed by atoms with Gasteiger partial charge in [-0.05, 0) is 25.1 Å². The third kappa shape index (κ3) is 1.76. The molecule has 2 aromatic rings. The smallest absolute Gasteiger partial charge is 0.135 e. The van der Waals surface area contributed by atoms with Crippen molar-refractivity contribution in [3.63, 3.8) is 0 Å². The van der Waals surface area contributed by atoms with Gasteiger partial charge in [0, 0.05) is 17.8 Å². The second kappa shape index (κ2) is 3.64. The number of benzene rings is 1. The molecule has 74 valence electrons. The minimum Gasteiger partial charge on any atom is -0.461 e. The average Bonchev–Trinajstić information content (AvgIpc) is 2.47. The highest BCUT2D eigenvalue weighted by Crippen LogP contribution is 2.26. The van der Waals surface area contributed by atoms with E-state index in [1.54, 1.807) is 0 Å². The van der Waals surface area contributed by atoms with Gasteiger partial charge >= 0.3 is 0 Å². The van der Waals surface area contributed by atoms with Crippen molar-refractivity contribution in [1.29, 1.82) is 0 Å². The maximum Gasteiger partial charge on any atom is 0.135 e. The van der Waals surface area contributed by atoms with Gasteiger partial charge in [0.25, 0.3) is 0 Å². The maximum absolute atomic E-state index is 6.02. The van der Waals surface area contributed by atoms with Gasteiger partial charge in [-0.2, -0.15) is 0 Å². The van der Waals surface area contributed by atoms with E-state index in [2.05, 4.69) is 0 Å². The predicted octanol–water partition coefficient (Wildman–Crippen LogP) is 2.98. The van der Waals surface area contributed by atoms with Crippen LogP contribution in [0, 0.1) is 0 Å². The third-order valence-electron chi connectivity index (χ3n) is 2.08. The van der Waals surface area contributed by atoms with Crippen molar-refractivity contribution in [3.05, 3.63) is 35.0 Å². The predicted molar refractivity (Wildman–Crippen MR) is 58.6 cm³/mol. The molecule has 0 amide bonds. The summed E-state index contributed by atoms with van der Waals surface area (Å²) in [6.45, 7) is 1.95. The summed E-state index contributed by atoms with van der Waals surface area (Å²) < 4.78 is 5.60. The minimum absolute atomic E-state index is 0.106. The molecule has 1 heterocycles. The van der Waals surface area contributed by atoms with Crippen LogP contribution in [0.25, 0.3) is 11.0 Å². The first kappa shape index (κ1) is 9.56. The van der Waals surface area contributed by atoms with Gasteiger partial charge in [0.1, 0.15) is 11.3 Å². The van der Waals surface area contributed by atoms with Gasteiger partial charge in [-0.3, -0.25) is 0 Å². The quantitative estimate of drug-likeness (QED) is 0.826. The Bertz CT molecular complexity index is 447. The van der Waals surface area contributed by atoms with Crippen LogP contribution in [0.2, 0.25) is 5.02 Å². The number of nitrogens with two attached hydrogens (primary N) is 1. The Labute approximate surface area is 87.6 Å². The van der Waals surface area contributed by atoms with Gasteiger partial charge in [0.15, 0.2) is 0 Å². The molecule has 0 aliphatic rings. The molecule has 1 atom stereocenters. The van der Waals surface area contributed by atoms with E-state index >= 15 is 0 Å². The normalized spacial score (nSPS) is 13.4. The monoisotopic (exact) mass is 209 g/mol. The molecule has 1 aromatic heterocycles. The summed E-state index contributed by atoms with van der Waals surface area (Å²) in [7, 11) is 0. The summed E-state index contributed by atoms with van der Waals surface area (Å²) in [6.07, 6.45) is 0.741. The van der Waals surface area contributed by atoms with Crippen LogP contribution < -0.4 is 5.73 Å². The lowest BCUT2D eigenvalue weighted by atomic mass is 10.2. The van der Waals surface area contributed by atoms with Crippen molar-refractivity contribution in [1.82, 2.24) is 0 Å². The van der Waals surface area contributed by atoms with Crippen molar-refractivity contribution in [2.45, 2.75) is 19.4 Å². The highest BCUT2D eigenvalue weighted by atomic mass is 35.5. The largest absolute Gasteiger partial charge is 0.461 e. The Morgan fingerprint density at radius 2 is 2.29 bits per heavy atom. The lowest BCUT2D eigenvalue weighted by Crippen LogP contribution is -2.17. The number of hydrogen-bond acceptors (Lipinski definition) is 2. The molecule has 2 nitrogen and oxygen atoms in total. The molecule has 3 heteroatoms. The maximum atomic E-state index is 6.02. The van der Waals surface area contributed by atoms with Crippen LogP contribution in [0.1, 0.15) is 12.7 Å². The van der Waals surface area contributed by atoms with Crippen LogP contribution in [0.5, 0.6) is 0 Å². The van der Waals surface area contributed by atoms with E-state index in [9.17, 15) is 0 Å². The van der Waals surface area contributed by atoms with Gasteiger partial charge < -0.3 is 10.2 Å². The molecule has 1 aromatic carbocycles. The van der Waals surface area contributed by atoms with Crippen molar-refractivity contribution >= 4 is 22.6 Å². The van der Waals surface area contributed by atoms with E-state index in [0.29, 0.717) is 0 Å². The Morgan fingerprint density at radius 3 is 2.93 bits per heavy atom. The lowest BCUT2D eigenvalue weighted by Gasteiger charge is -1.98. The zero-order chi connectivity index (χ0) is 10.1. The molecule has 14 heavy (non-hydrogen) atoms. The summed E-state index contributed by atoms with van der Waals surface area (Å²) in [5.41, 5.74) is 6.52. The number of furan rings is 1. The summed E-state index contributed by atoms with van der Waals surface area (Å²) >= 11 is 6.02. The third-order valence-corrected chi connectivity index (χ3v) is 2.41. The van der Waals surface area contributed by atoms with Gasteiger partial charge in [0.05, 0.1) is 5.02 Å². The molecule has 2 N–H and O–H groups in total. The van der Waals surface area contributed by atoms with E-state index in [1.807, 2.05) is 31.2 Å². The molecular weight excluding hydrogens is 198 g/mol. The number of rotatable bonds is 2. The topological polar surface area (TPSA) is 39.2 Å². The van der Waals surface area contributed by atoms with Gasteiger partial charge in [-0.1, -0.05) is 17.7 Å². The van der Waals surface area contributed by atoms with E-state index < -0.39 is 0 Å². The molecule has 0 saturated carbocycles. The molecule has 0 aliphatic heterocycles. The molecule has 0 radical (unpaired) electrons. The van der Waals surface area contributed by atoms with Crippen molar-refractivity contribution in [2.75, 3.05) is 0 Å². The molecule has 0 aliphatic carbocycles. The zero-order valence-corrected chi connectivity index (χ0v) is 8.71. The van der Waals surface area contributed by atoms with Crippen LogP contribution in [-0.4, -0.2) is 6.04 Å². The van der Waals surface area contributed by atoms with E-state index in [-0.39, 0.29) is 6.04 Å². The molecule has 2 rings (SSSR count). The number of halogens is 1. The molecule has 0 fully saturated rings. The number of fused-ring (bicyclic) bond motifs is 1. The molecule has 0 bridgehead atoms. The Morgan fingerprint density at radius 1 is 1.50 bits per heavy atom. The zero-order valence-electron chi connectivity index (χ0n) is 7.96. The first-order valence-electron chi connectivity index (χ1n) is 4.59. The fourth-order valence-electron chi connectivity index (χ4n) is 1.50. The molecule has 0 spiro atoms. The Kier molecular flexibility index (Phi) is 2.48. The highest BCUT2D eigenvalue weighted by Gasteiger charge is 2.07. The van der Waals surface area contributed by atoms with E-state index in [0.717, 1.165) is 28.2 Å². The van der Waals surface area contributed by atoms with Gasteiger partial charge in [-0.25, -0.2) is 0 Å². The lowest BCUT2D eigenvalue weighted by molar-refractivity contribution is 0.525.